The zero-order chi connectivity index (χ0) is 21.2. The highest BCUT2D eigenvalue weighted by atomic mass is 35.5. The Bertz CT molecular complexity index is 1140. The zero-order valence-corrected chi connectivity index (χ0v) is 18.2. The molecule has 0 saturated heterocycles. The lowest BCUT2D eigenvalue weighted by Crippen LogP contribution is -2.29. The minimum absolute atomic E-state index is 0.107. The smallest absolute Gasteiger partial charge is 0.257 e. The van der Waals surface area contributed by atoms with Gasteiger partial charge in [0.2, 0.25) is 0 Å². The summed E-state index contributed by atoms with van der Waals surface area (Å²) in [5, 5.41) is 7.54. The van der Waals surface area contributed by atoms with Crippen LogP contribution in [0.15, 0.2) is 51.9 Å². The van der Waals surface area contributed by atoms with Crippen LogP contribution < -0.4 is 5.32 Å². The molecule has 0 fully saturated rings. The molecule has 0 atom stereocenters. The number of amides is 1. The van der Waals surface area contributed by atoms with Crippen molar-refractivity contribution in [1.82, 2.24) is 10.5 Å². The van der Waals surface area contributed by atoms with Gasteiger partial charge >= 0.3 is 0 Å². The van der Waals surface area contributed by atoms with Gasteiger partial charge in [-0.2, -0.15) is 0 Å². The molecule has 0 aliphatic carbocycles. The van der Waals surface area contributed by atoms with E-state index in [0.717, 1.165) is 0 Å². The summed E-state index contributed by atoms with van der Waals surface area (Å²) in [6.45, 7) is 1.46. The van der Waals surface area contributed by atoms with E-state index in [0.29, 0.717) is 20.6 Å². The second kappa shape index (κ2) is 8.75. The number of nitrogens with zero attached hydrogens (tertiary/aromatic N) is 1. The first-order valence-electron chi connectivity index (χ1n) is 8.38. The summed E-state index contributed by atoms with van der Waals surface area (Å²) >= 11 is 18.2. The molecule has 6 nitrogen and oxygen atoms in total. The molecule has 29 heavy (non-hydrogen) atoms. The standard InChI is InChI=1S/C19H15Cl3N2O4S/c1-11-16(18(24-28-11)17-14(21)3-2-4-15(17)22)19(25)23-9-10-29(26,27)13-7-5-12(20)6-8-13/h2-8H,9-10H2,1H3,(H,23,25). The molecule has 1 heterocycles. The molecule has 0 aliphatic rings. The molecule has 0 spiro atoms. The molecule has 10 heteroatoms. The van der Waals surface area contributed by atoms with E-state index in [1.807, 2.05) is 0 Å². The van der Waals surface area contributed by atoms with Gasteiger partial charge in [0, 0.05) is 17.1 Å². The second-order valence-corrected chi connectivity index (χ2v) is 9.45. The quantitative estimate of drug-likeness (QED) is 0.555. The van der Waals surface area contributed by atoms with E-state index < -0.39 is 15.7 Å². The van der Waals surface area contributed by atoms with Crippen molar-refractivity contribution in [2.45, 2.75) is 11.8 Å². The molecule has 1 aromatic heterocycles. The summed E-state index contributed by atoms with van der Waals surface area (Å²) in [5.41, 5.74) is 0.701. The average molecular weight is 474 g/mol. The predicted molar refractivity (Wildman–Crippen MR) is 113 cm³/mol. The Morgan fingerprint density at radius 2 is 1.69 bits per heavy atom. The Labute approximate surface area is 182 Å². The highest BCUT2D eigenvalue weighted by Crippen LogP contribution is 2.36. The van der Waals surface area contributed by atoms with Gasteiger partial charge in [-0.3, -0.25) is 4.79 Å². The largest absolute Gasteiger partial charge is 0.360 e. The third-order valence-electron chi connectivity index (χ3n) is 4.12. The van der Waals surface area contributed by atoms with E-state index >= 15 is 0 Å². The molecular formula is C19H15Cl3N2O4S. The number of aryl methyl sites for hydroxylation is 1. The van der Waals surface area contributed by atoms with Crippen molar-refractivity contribution in [3.63, 3.8) is 0 Å². The lowest BCUT2D eigenvalue weighted by molar-refractivity contribution is 0.0955. The van der Waals surface area contributed by atoms with Crippen molar-refractivity contribution in [1.29, 1.82) is 0 Å². The number of carbonyl (C=O) groups excluding carboxylic acids is 1. The van der Waals surface area contributed by atoms with Crippen LogP contribution in [0.25, 0.3) is 11.3 Å². The molecule has 0 aliphatic heterocycles. The summed E-state index contributed by atoms with van der Waals surface area (Å²) in [4.78, 5) is 12.8. The number of hydrogen-bond acceptors (Lipinski definition) is 5. The minimum atomic E-state index is -3.58. The van der Waals surface area contributed by atoms with Gasteiger partial charge in [-0.1, -0.05) is 46.0 Å². The topological polar surface area (TPSA) is 89.3 Å². The maximum Gasteiger partial charge on any atom is 0.257 e. The van der Waals surface area contributed by atoms with Crippen molar-refractivity contribution in [2.24, 2.45) is 0 Å². The first-order chi connectivity index (χ1) is 13.7. The van der Waals surface area contributed by atoms with E-state index in [1.54, 1.807) is 25.1 Å². The van der Waals surface area contributed by atoms with E-state index in [-0.39, 0.29) is 34.2 Å². The third kappa shape index (κ3) is 4.75. The summed E-state index contributed by atoms with van der Waals surface area (Å²) in [7, 11) is -3.58. The van der Waals surface area contributed by atoms with E-state index in [2.05, 4.69) is 10.5 Å². The van der Waals surface area contributed by atoms with Gasteiger partial charge in [0.25, 0.3) is 5.91 Å². The van der Waals surface area contributed by atoms with Crippen molar-refractivity contribution in [3.05, 3.63) is 68.9 Å². The highest BCUT2D eigenvalue weighted by molar-refractivity contribution is 7.91. The minimum Gasteiger partial charge on any atom is -0.360 e. The second-order valence-electron chi connectivity index (χ2n) is 6.09. The number of carbonyl (C=O) groups is 1. The number of hydrogen-bond donors (Lipinski definition) is 1. The third-order valence-corrected chi connectivity index (χ3v) is 6.73. The van der Waals surface area contributed by atoms with Crippen LogP contribution in [-0.4, -0.2) is 31.8 Å². The van der Waals surface area contributed by atoms with Crippen LogP contribution in [0.2, 0.25) is 15.1 Å². The predicted octanol–water partition coefficient (Wildman–Crippen LogP) is 4.81. The van der Waals surface area contributed by atoms with Gasteiger partial charge in [0.1, 0.15) is 17.0 Å². The molecule has 2 aromatic carbocycles. The fourth-order valence-corrected chi connectivity index (χ4v) is 4.54. The number of benzene rings is 2. The van der Waals surface area contributed by atoms with Crippen LogP contribution in [0, 0.1) is 6.92 Å². The number of halogens is 3. The monoisotopic (exact) mass is 472 g/mol. The molecule has 0 bridgehead atoms. The van der Waals surface area contributed by atoms with Gasteiger partial charge in [0.15, 0.2) is 9.84 Å². The summed E-state index contributed by atoms with van der Waals surface area (Å²) in [5.74, 6) is -0.567. The number of aromatic nitrogens is 1. The van der Waals surface area contributed by atoms with Crippen LogP contribution in [0.5, 0.6) is 0 Å². The maximum atomic E-state index is 12.7. The van der Waals surface area contributed by atoms with Crippen molar-refractivity contribution < 1.29 is 17.7 Å². The fourth-order valence-electron chi connectivity index (χ4n) is 2.68. The van der Waals surface area contributed by atoms with Crippen molar-refractivity contribution in [2.75, 3.05) is 12.3 Å². The molecule has 3 aromatic rings. The van der Waals surface area contributed by atoms with E-state index in [4.69, 9.17) is 39.3 Å². The number of sulfone groups is 1. The Kier molecular flexibility index (Phi) is 6.53. The molecular weight excluding hydrogens is 459 g/mol. The fraction of sp³-hybridized carbons (Fsp3) is 0.158. The lowest BCUT2D eigenvalue weighted by Gasteiger charge is -2.09. The average Bonchev–Trinajstić information content (AvgIpc) is 3.03. The summed E-state index contributed by atoms with van der Waals surface area (Å²) in [6.07, 6.45) is 0. The zero-order valence-electron chi connectivity index (χ0n) is 15.1. The first-order valence-corrected chi connectivity index (χ1v) is 11.2. The summed E-state index contributed by atoms with van der Waals surface area (Å²) in [6, 6.07) is 10.7. The van der Waals surface area contributed by atoms with Crippen molar-refractivity contribution in [3.8, 4) is 11.3 Å². The SMILES string of the molecule is Cc1onc(-c2c(Cl)cccc2Cl)c1C(=O)NCCS(=O)(=O)c1ccc(Cl)cc1. The highest BCUT2D eigenvalue weighted by Gasteiger charge is 2.25. The Hall–Kier alpha value is -2.06. The van der Waals surface area contributed by atoms with Gasteiger partial charge in [-0.05, 0) is 43.3 Å². The van der Waals surface area contributed by atoms with Crippen LogP contribution in [0.1, 0.15) is 16.1 Å². The molecule has 0 unspecified atom stereocenters. The van der Waals surface area contributed by atoms with Crippen LogP contribution in [-0.2, 0) is 9.84 Å². The Balaban J connectivity index is 1.77. The van der Waals surface area contributed by atoms with Gasteiger partial charge in [-0.15, -0.1) is 0 Å². The molecule has 0 radical (unpaired) electrons. The molecule has 3 rings (SSSR count). The number of rotatable bonds is 6. The van der Waals surface area contributed by atoms with Gasteiger partial charge < -0.3 is 9.84 Å². The Morgan fingerprint density at radius 1 is 1.07 bits per heavy atom. The molecule has 1 N–H and O–H groups in total. The summed E-state index contributed by atoms with van der Waals surface area (Å²) < 4.78 is 29.9. The van der Waals surface area contributed by atoms with E-state index in [9.17, 15) is 13.2 Å². The molecule has 0 saturated carbocycles. The van der Waals surface area contributed by atoms with Crippen LogP contribution in [0.3, 0.4) is 0 Å². The van der Waals surface area contributed by atoms with Crippen molar-refractivity contribution >= 4 is 50.5 Å². The number of nitrogens with one attached hydrogen (secondary N) is 1. The van der Waals surface area contributed by atoms with E-state index in [1.165, 1.54) is 24.3 Å². The maximum absolute atomic E-state index is 12.7. The normalized spacial score (nSPS) is 11.4. The van der Waals surface area contributed by atoms with Gasteiger partial charge in [-0.25, -0.2) is 8.42 Å². The van der Waals surface area contributed by atoms with Crippen LogP contribution >= 0.6 is 34.8 Å². The van der Waals surface area contributed by atoms with Gasteiger partial charge in [0.05, 0.1) is 20.7 Å². The lowest BCUT2D eigenvalue weighted by atomic mass is 10.1. The molecule has 1 amide bonds. The van der Waals surface area contributed by atoms with Crippen LogP contribution in [0.4, 0.5) is 0 Å². The first kappa shape index (κ1) is 21.6. The Morgan fingerprint density at radius 3 is 2.31 bits per heavy atom. The molecule has 152 valence electrons.